The molecule has 0 atom stereocenters. The van der Waals surface area contributed by atoms with Gasteiger partial charge in [-0.25, -0.2) is 0 Å². The zero-order valence-electron chi connectivity index (χ0n) is 19.0. The number of ether oxygens (including phenoxy) is 1. The van der Waals surface area contributed by atoms with Crippen molar-refractivity contribution in [3.05, 3.63) is 59.1 Å². The Morgan fingerprint density at radius 3 is 2.27 bits per heavy atom. The molecule has 2 aliphatic heterocycles. The molecule has 2 saturated heterocycles. The summed E-state index contributed by atoms with van der Waals surface area (Å²) in [5.41, 5.74) is 2.86. The van der Waals surface area contributed by atoms with Gasteiger partial charge in [-0.1, -0.05) is 23.7 Å². The highest BCUT2D eigenvalue weighted by molar-refractivity contribution is 6.30. The smallest absolute Gasteiger partial charge is 0.256 e. The van der Waals surface area contributed by atoms with Gasteiger partial charge < -0.3 is 24.8 Å². The standard InChI is InChI=1S/C25H31ClN4O3/c1-33-18-24(31)27-20-10-12-29(13-11-20)23-5-3-2-4-22(23)25(32)30-16-14-28(15-17-30)21-8-6-19(26)7-9-21/h2-9,20H,10-18H2,1H3,(H,27,31). The summed E-state index contributed by atoms with van der Waals surface area (Å²) in [6.07, 6.45) is 1.69. The fraction of sp³-hybridized carbons (Fsp3) is 0.440. The number of nitrogens with zero attached hydrogens (tertiary/aromatic N) is 3. The Kier molecular flexibility index (Phi) is 7.73. The number of benzene rings is 2. The average molecular weight is 471 g/mol. The number of piperazine rings is 1. The van der Waals surface area contributed by atoms with Crippen molar-refractivity contribution in [1.82, 2.24) is 10.2 Å². The number of hydrogen-bond donors (Lipinski definition) is 1. The molecule has 4 rings (SSSR count). The van der Waals surface area contributed by atoms with E-state index in [4.69, 9.17) is 16.3 Å². The van der Waals surface area contributed by atoms with E-state index in [2.05, 4.69) is 15.1 Å². The summed E-state index contributed by atoms with van der Waals surface area (Å²) >= 11 is 6.01. The first kappa shape index (κ1) is 23.4. The van der Waals surface area contributed by atoms with E-state index >= 15 is 0 Å². The normalized spacial score (nSPS) is 17.2. The fourth-order valence-corrected chi connectivity index (χ4v) is 4.71. The Hall–Kier alpha value is -2.77. The SMILES string of the molecule is COCC(=O)NC1CCN(c2ccccc2C(=O)N2CCN(c3ccc(Cl)cc3)CC2)CC1. The zero-order valence-corrected chi connectivity index (χ0v) is 19.8. The van der Waals surface area contributed by atoms with Gasteiger partial charge in [0.25, 0.3) is 5.91 Å². The van der Waals surface area contributed by atoms with E-state index in [1.54, 1.807) is 0 Å². The molecule has 0 saturated carbocycles. The Labute approximate surface area is 200 Å². The van der Waals surface area contributed by atoms with Gasteiger partial charge in [-0.05, 0) is 49.2 Å². The van der Waals surface area contributed by atoms with Crippen LogP contribution in [0.2, 0.25) is 5.02 Å². The first-order chi connectivity index (χ1) is 16.0. The molecule has 0 spiro atoms. The van der Waals surface area contributed by atoms with E-state index in [1.165, 1.54) is 7.11 Å². The minimum atomic E-state index is -0.0794. The van der Waals surface area contributed by atoms with E-state index in [0.717, 1.165) is 61.0 Å². The fourth-order valence-electron chi connectivity index (χ4n) is 4.59. The van der Waals surface area contributed by atoms with Crippen LogP contribution in [0, 0.1) is 0 Å². The minimum absolute atomic E-state index is 0.0794. The predicted octanol–water partition coefficient (Wildman–Crippen LogP) is 3.03. The topological polar surface area (TPSA) is 65.1 Å². The third-order valence-electron chi connectivity index (χ3n) is 6.37. The van der Waals surface area contributed by atoms with E-state index in [1.807, 2.05) is 53.4 Å². The zero-order chi connectivity index (χ0) is 23.2. The van der Waals surface area contributed by atoms with Gasteiger partial charge in [-0.3, -0.25) is 9.59 Å². The third kappa shape index (κ3) is 5.78. The van der Waals surface area contributed by atoms with Crippen LogP contribution in [-0.2, 0) is 9.53 Å². The van der Waals surface area contributed by atoms with Gasteiger partial charge in [0, 0.05) is 68.8 Å². The number of carbonyl (C=O) groups is 2. The van der Waals surface area contributed by atoms with Crippen LogP contribution in [0.25, 0.3) is 0 Å². The quantitative estimate of drug-likeness (QED) is 0.703. The molecule has 7 nitrogen and oxygen atoms in total. The minimum Gasteiger partial charge on any atom is -0.375 e. The van der Waals surface area contributed by atoms with Gasteiger partial charge in [0.15, 0.2) is 0 Å². The maximum atomic E-state index is 13.4. The van der Waals surface area contributed by atoms with Crippen LogP contribution in [0.3, 0.4) is 0 Å². The van der Waals surface area contributed by atoms with Crippen molar-refractivity contribution < 1.29 is 14.3 Å². The lowest BCUT2D eigenvalue weighted by Crippen LogP contribution is -2.49. The molecule has 2 aromatic carbocycles. The van der Waals surface area contributed by atoms with Crippen LogP contribution >= 0.6 is 11.6 Å². The Morgan fingerprint density at radius 2 is 1.61 bits per heavy atom. The molecule has 176 valence electrons. The second-order valence-corrected chi connectivity index (χ2v) is 8.97. The highest BCUT2D eigenvalue weighted by atomic mass is 35.5. The summed E-state index contributed by atoms with van der Waals surface area (Å²) in [7, 11) is 1.52. The molecule has 0 aliphatic carbocycles. The molecule has 8 heteroatoms. The van der Waals surface area contributed by atoms with Gasteiger partial charge in [-0.15, -0.1) is 0 Å². The van der Waals surface area contributed by atoms with Crippen molar-refractivity contribution in [2.45, 2.75) is 18.9 Å². The summed E-state index contributed by atoms with van der Waals surface area (Å²) in [6.45, 7) is 4.64. The van der Waals surface area contributed by atoms with E-state index in [9.17, 15) is 9.59 Å². The highest BCUT2D eigenvalue weighted by Crippen LogP contribution is 2.27. The molecule has 0 bridgehead atoms. The van der Waals surface area contributed by atoms with Gasteiger partial charge in [0.1, 0.15) is 6.61 Å². The molecule has 33 heavy (non-hydrogen) atoms. The Balaban J connectivity index is 1.36. The van der Waals surface area contributed by atoms with Crippen molar-refractivity contribution in [3.8, 4) is 0 Å². The van der Waals surface area contributed by atoms with E-state index < -0.39 is 0 Å². The molecule has 2 amide bonds. The summed E-state index contributed by atoms with van der Waals surface area (Å²) in [5, 5.41) is 3.75. The number of carbonyl (C=O) groups excluding carboxylic acids is 2. The van der Waals surface area contributed by atoms with Crippen molar-refractivity contribution in [3.63, 3.8) is 0 Å². The summed E-state index contributed by atoms with van der Waals surface area (Å²) in [6, 6.07) is 15.9. The highest BCUT2D eigenvalue weighted by Gasteiger charge is 2.27. The lowest BCUT2D eigenvalue weighted by atomic mass is 10.0. The number of amides is 2. The molecular formula is C25H31ClN4O3. The van der Waals surface area contributed by atoms with E-state index in [-0.39, 0.29) is 24.5 Å². The van der Waals surface area contributed by atoms with Crippen LogP contribution in [0.15, 0.2) is 48.5 Å². The Bertz CT molecular complexity index is 952. The van der Waals surface area contributed by atoms with Crippen molar-refractivity contribution >= 4 is 34.8 Å². The monoisotopic (exact) mass is 470 g/mol. The molecule has 0 aromatic heterocycles. The lowest BCUT2D eigenvalue weighted by Gasteiger charge is -2.38. The van der Waals surface area contributed by atoms with Crippen LogP contribution in [0.1, 0.15) is 23.2 Å². The lowest BCUT2D eigenvalue weighted by molar-refractivity contribution is -0.125. The first-order valence-corrected chi connectivity index (χ1v) is 11.8. The second kappa shape index (κ2) is 10.9. The summed E-state index contributed by atoms with van der Waals surface area (Å²) < 4.78 is 4.90. The number of halogens is 1. The van der Waals surface area contributed by atoms with Crippen molar-refractivity contribution in [2.75, 3.05) is 62.8 Å². The molecular weight excluding hydrogens is 440 g/mol. The largest absolute Gasteiger partial charge is 0.375 e. The first-order valence-electron chi connectivity index (χ1n) is 11.5. The number of para-hydroxylation sites is 1. The molecule has 2 aliphatic rings. The molecule has 2 fully saturated rings. The van der Waals surface area contributed by atoms with Gasteiger partial charge >= 0.3 is 0 Å². The molecule has 0 unspecified atom stereocenters. The van der Waals surface area contributed by atoms with Crippen LogP contribution in [0.5, 0.6) is 0 Å². The number of rotatable bonds is 6. The van der Waals surface area contributed by atoms with Crippen molar-refractivity contribution in [2.24, 2.45) is 0 Å². The molecule has 0 radical (unpaired) electrons. The average Bonchev–Trinajstić information content (AvgIpc) is 2.85. The molecule has 1 N–H and O–H groups in total. The van der Waals surface area contributed by atoms with Crippen LogP contribution in [-0.4, -0.2) is 75.7 Å². The van der Waals surface area contributed by atoms with Gasteiger partial charge in [-0.2, -0.15) is 0 Å². The third-order valence-corrected chi connectivity index (χ3v) is 6.62. The maximum absolute atomic E-state index is 13.4. The summed E-state index contributed by atoms with van der Waals surface area (Å²) in [5.74, 6) is 0.00106. The van der Waals surface area contributed by atoms with Crippen LogP contribution < -0.4 is 15.1 Å². The number of hydrogen-bond acceptors (Lipinski definition) is 5. The Morgan fingerprint density at radius 1 is 0.939 bits per heavy atom. The van der Waals surface area contributed by atoms with Gasteiger partial charge in [0.05, 0.1) is 5.56 Å². The van der Waals surface area contributed by atoms with Crippen molar-refractivity contribution in [1.29, 1.82) is 0 Å². The number of piperidine rings is 1. The molecule has 2 aromatic rings. The number of anilines is 2. The molecule has 2 heterocycles. The van der Waals surface area contributed by atoms with E-state index in [0.29, 0.717) is 13.1 Å². The number of nitrogens with one attached hydrogen (secondary N) is 1. The second-order valence-electron chi connectivity index (χ2n) is 8.53. The maximum Gasteiger partial charge on any atom is 0.256 e. The number of methoxy groups -OCH3 is 1. The predicted molar refractivity (Wildman–Crippen MR) is 131 cm³/mol. The summed E-state index contributed by atoms with van der Waals surface area (Å²) in [4.78, 5) is 31.7. The van der Waals surface area contributed by atoms with Crippen LogP contribution in [0.4, 0.5) is 11.4 Å². The van der Waals surface area contributed by atoms with Gasteiger partial charge in [0.2, 0.25) is 5.91 Å².